The zero-order valence-corrected chi connectivity index (χ0v) is 15.3. The first-order valence-corrected chi connectivity index (χ1v) is 9.46. The number of aromatic nitrogens is 2. The van der Waals surface area contributed by atoms with Crippen LogP contribution in [0, 0.1) is 0 Å². The number of amides is 1. The summed E-state index contributed by atoms with van der Waals surface area (Å²) in [6, 6.07) is 13.3. The van der Waals surface area contributed by atoms with Crippen LogP contribution in [0.5, 0.6) is 0 Å². The number of hydrogen-bond donors (Lipinski definition) is 2. The smallest absolute Gasteiger partial charge is 0.277 e. The molecule has 1 unspecified atom stereocenters. The molecule has 0 fully saturated rings. The van der Waals surface area contributed by atoms with Gasteiger partial charge in [0.05, 0.1) is 23.4 Å². The minimum absolute atomic E-state index is 0.199. The van der Waals surface area contributed by atoms with Gasteiger partial charge >= 0.3 is 0 Å². The van der Waals surface area contributed by atoms with Crippen LogP contribution in [-0.4, -0.2) is 15.9 Å². The van der Waals surface area contributed by atoms with Crippen molar-refractivity contribution in [1.82, 2.24) is 9.97 Å². The van der Waals surface area contributed by atoms with E-state index >= 15 is 0 Å². The van der Waals surface area contributed by atoms with Crippen molar-refractivity contribution < 1.29 is 9.21 Å². The van der Waals surface area contributed by atoms with E-state index in [4.69, 9.17) is 10.2 Å². The quantitative estimate of drug-likeness (QED) is 0.525. The molecule has 3 aromatic heterocycles. The van der Waals surface area contributed by atoms with Crippen LogP contribution in [0.25, 0.3) is 10.9 Å². The van der Waals surface area contributed by atoms with Crippen LogP contribution in [0.4, 0.5) is 5.69 Å². The largest absolute Gasteiger partial charge is 0.446 e. The third-order valence-corrected chi connectivity index (χ3v) is 5.14. The molecule has 27 heavy (non-hydrogen) atoms. The number of nitrogens with one attached hydrogen (secondary N) is 1. The molecule has 0 bridgehead atoms. The maximum atomic E-state index is 12.4. The topological polar surface area (TPSA) is 94.0 Å². The molecule has 0 saturated heterocycles. The molecule has 0 aliphatic carbocycles. The summed E-state index contributed by atoms with van der Waals surface area (Å²) in [5.41, 5.74) is 7.82. The molecule has 136 valence electrons. The van der Waals surface area contributed by atoms with Crippen molar-refractivity contribution in [2.45, 2.75) is 18.9 Å². The number of nitrogens with two attached hydrogens (primary N) is 1. The lowest BCUT2D eigenvalue weighted by Crippen LogP contribution is -2.15. The highest BCUT2D eigenvalue weighted by molar-refractivity contribution is 7.09. The Morgan fingerprint density at radius 1 is 1.26 bits per heavy atom. The Morgan fingerprint density at radius 3 is 3.00 bits per heavy atom. The maximum Gasteiger partial charge on any atom is 0.277 e. The number of thiophene rings is 1. The standard InChI is InChI=1S/C20H18N4O2S/c21-16(8-7-15-5-3-9-27-15)20-24-18(12-26-20)19(25)23-14-10-13-4-1-2-6-17(13)22-11-14/h1-6,9-12,16H,7-8,21H2,(H,23,25). The molecule has 3 heterocycles. The number of para-hydroxylation sites is 1. The predicted molar refractivity (Wildman–Crippen MR) is 106 cm³/mol. The minimum Gasteiger partial charge on any atom is -0.446 e. The van der Waals surface area contributed by atoms with Crippen LogP contribution < -0.4 is 11.1 Å². The van der Waals surface area contributed by atoms with E-state index in [2.05, 4.69) is 21.4 Å². The fraction of sp³-hybridized carbons (Fsp3) is 0.150. The van der Waals surface area contributed by atoms with Gasteiger partial charge in [0, 0.05) is 10.3 Å². The monoisotopic (exact) mass is 378 g/mol. The average molecular weight is 378 g/mol. The van der Waals surface area contributed by atoms with Crippen molar-refractivity contribution in [1.29, 1.82) is 0 Å². The zero-order chi connectivity index (χ0) is 18.6. The first-order valence-electron chi connectivity index (χ1n) is 8.58. The number of oxazole rings is 1. The molecule has 4 rings (SSSR count). The number of anilines is 1. The lowest BCUT2D eigenvalue weighted by atomic mass is 10.1. The second-order valence-corrected chi connectivity index (χ2v) is 7.20. The van der Waals surface area contributed by atoms with Crippen LogP contribution in [0.3, 0.4) is 0 Å². The third kappa shape index (κ3) is 4.05. The lowest BCUT2D eigenvalue weighted by molar-refractivity contribution is 0.102. The summed E-state index contributed by atoms with van der Waals surface area (Å²) in [7, 11) is 0. The number of fused-ring (bicyclic) bond motifs is 1. The van der Waals surface area contributed by atoms with Crippen LogP contribution in [0.1, 0.15) is 33.7 Å². The van der Waals surface area contributed by atoms with E-state index in [0.717, 1.165) is 17.3 Å². The molecule has 0 radical (unpaired) electrons. The Bertz CT molecular complexity index is 1060. The molecule has 1 aromatic carbocycles. The van der Waals surface area contributed by atoms with E-state index in [9.17, 15) is 4.79 Å². The zero-order valence-electron chi connectivity index (χ0n) is 14.5. The normalized spacial score (nSPS) is 12.2. The van der Waals surface area contributed by atoms with Crippen LogP contribution in [-0.2, 0) is 6.42 Å². The van der Waals surface area contributed by atoms with Crippen molar-refractivity contribution in [2.24, 2.45) is 5.73 Å². The summed E-state index contributed by atoms with van der Waals surface area (Å²) in [4.78, 5) is 22.3. The molecule has 0 aliphatic rings. The first-order chi connectivity index (χ1) is 13.2. The molecule has 0 aliphatic heterocycles. The highest BCUT2D eigenvalue weighted by atomic mass is 32.1. The predicted octanol–water partition coefficient (Wildman–Crippen LogP) is 4.17. The summed E-state index contributed by atoms with van der Waals surface area (Å²) in [6.07, 6.45) is 4.51. The molecule has 3 N–H and O–H groups in total. The lowest BCUT2D eigenvalue weighted by Gasteiger charge is -2.06. The van der Waals surface area contributed by atoms with E-state index < -0.39 is 0 Å². The second kappa shape index (κ2) is 7.69. The summed E-state index contributed by atoms with van der Waals surface area (Å²) in [6.45, 7) is 0. The van der Waals surface area contributed by atoms with Crippen molar-refractivity contribution in [2.75, 3.05) is 5.32 Å². The van der Waals surface area contributed by atoms with Gasteiger partial charge in [-0.15, -0.1) is 11.3 Å². The van der Waals surface area contributed by atoms with Crippen LogP contribution in [0.15, 0.2) is 64.7 Å². The van der Waals surface area contributed by atoms with E-state index in [1.54, 1.807) is 17.5 Å². The summed E-state index contributed by atoms with van der Waals surface area (Å²) >= 11 is 1.70. The molecule has 0 spiro atoms. The molecular weight excluding hydrogens is 360 g/mol. The van der Waals surface area contributed by atoms with Gasteiger partial charge < -0.3 is 15.5 Å². The third-order valence-electron chi connectivity index (χ3n) is 4.20. The van der Waals surface area contributed by atoms with Crippen LogP contribution in [0.2, 0.25) is 0 Å². The number of carbonyl (C=O) groups is 1. The molecule has 6 nitrogen and oxygen atoms in total. The van der Waals surface area contributed by atoms with Gasteiger partial charge in [-0.3, -0.25) is 9.78 Å². The molecule has 1 atom stereocenters. The van der Waals surface area contributed by atoms with E-state index in [0.29, 0.717) is 18.0 Å². The highest BCUT2D eigenvalue weighted by Crippen LogP contribution is 2.20. The van der Waals surface area contributed by atoms with Gasteiger partial charge in [0.25, 0.3) is 5.91 Å². The Morgan fingerprint density at radius 2 is 2.15 bits per heavy atom. The van der Waals surface area contributed by atoms with Crippen molar-refractivity contribution in [3.8, 4) is 0 Å². The summed E-state index contributed by atoms with van der Waals surface area (Å²) < 4.78 is 5.42. The van der Waals surface area contributed by atoms with Crippen molar-refractivity contribution in [3.63, 3.8) is 0 Å². The van der Waals surface area contributed by atoms with Gasteiger partial charge in [-0.25, -0.2) is 4.98 Å². The van der Waals surface area contributed by atoms with Gasteiger partial charge in [-0.1, -0.05) is 24.3 Å². The Kier molecular flexibility index (Phi) is 4.95. The van der Waals surface area contributed by atoms with Gasteiger partial charge in [-0.2, -0.15) is 0 Å². The van der Waals surface area contributed by atoms with Crippen molar-refractivity contribution >= 4 is 33.8 Å². The SMILES string of the molecule is NC(CCc1cccs1)c1nc(C(=O)Nc2cnc3ccccc3c2)co1. The fourth-order valence-electron chi connectivity index (χ4n) is 2.77. The number of carbonyl (C=O) groups excluding carboxylic acids is 1. The molecule has 0 saturated carbocycles. The highest BCUT2D eigenvalue weighted by Gasteiger charge is 2.17. The summed E-state index contributed by atoms with van der Waals surface area (Å²) in [5, 5.41) is 5.78. The van der Waals surface area contributed by atoms with Gasteiger partial charge in [0.2, 0.25) is 5.89 Å². The Labute approximate surface area is 160 Å². The van der Waals surface area contributed by atoms with Crippen molar-refractivity contribution in [3.05, 3.63) is 76.8 Å². The van der Waals surface area contributed by atoms with E-state index in [-0.39, 0.29) is 17.6 Å². The molecular formula is C20H18N4O2S. The summed E-state index contributed by atoms with van der Waals surface area (Å²) in [5.74, 6) is 0.0147. The van der Waals surface area contributed by atoms with Gasteiger partial charge in [-0.05, 0) is 36.4 Å². The van der Waals surface area contributed by atoms with Gasteiger partial charge in [0.15, 0.2) is 5.69 Å². The second-order valence-electron chi connectivity index (χ2n) is 6.17. The average Bonchev–Trinajstić information content (AvgIpc) is 3.38. The number of hydrogen-bond acceptors (Lipinski definition) is 6. The number of benzene rings is 1. The van der Waals surface area contributed by atoms with Crippen LogP contribution >= 0.6 is 11.3 Å². The van der Waals surface area contributed by atoms with Gasteiger partial charge in [0.1, 0.15) is 6.26 Å². The number of aryl methyl sites for hydroxylation is 1. The fourth-order valence-corrected chi connectivity index (χ4v) is 3.50. The molecule has 7 heteroatoms. The number of pyridine rings is 1. The Balaban J connectivity index is 1.41. The molecule has 4 aromatic rings. The first kappa shape index (κ1) is 17.4. The van der Waals surface area contributed by atoms with E-state index in [1.165, 1.54) is 11.1 Å². The van der Waals surface area contributed by atoms with E-state index in [1.807, 2.05) is 41.8 Å². The Hall–Kier alpha value is -3.03. The number of rotatable bonds is 6. The number of nitrogens with zero attached hydrogens (tertiary/aromatic N) is 2. The minimum atomic E-state index is -0.354. The maximum absolute atomic E-state index is 12.4. The molecule has 1 amide bonds.